The van der Waals surface area contributed by atoms with Crippen molar-refractivity contribution in [3.63, 3.8) is 0 Å². The number of carbonyl (C=O) groups excluding carboxylic acids is 1. The third kappa shape index (κ3) is 3.57. The summed E-state index contributed by atoms with van der Waals surface area (Å²) in [7, 11) is 0. The molecule has 3 heterocycles. The minimum Gasteiger partial charge on any atom is -0.365 e. The number of alkyl halides is 3. The van der Waals surface area contributed by atoms with Gasteiger partial charge in [0.25, 0.3) is 11.6 Å². The van der Waals surface area contributed by atoms with E-state index in [2.05, 4.69) is 20.4 Å². The lowest BCUT2D eigenvalue weighted by Crippen LogP contribution is -2.35. The Bertz CT molecular complexity index is 858. The number of halogens is 3. The van der Waals surface area contributed by atoms with Gasteiger partial charge in [0.2, 0.25) is 5.91 Å². The van der Waals surface area contributed by atoms with Crippen LogP contribution in [0, 0.1) is 12.8 Å². The first-order valence-electron chi connectivity index (χ1n) is 9.18. The van der Waals surface area contributed by atoms with Crippen LogP contribution in [0.15, 0.2) is 6.07 Å². The first kappa shape index (κ1) is 18.0. The van der Waals surface area contributed by atoms with Crippen molar-refractivity contribution in [2.75, 3.05) is 18.4 Å². The van der Waals surface area contributed by atoms with E-state index in [1.165, 1.54) is 0 Å². The monoisotopic (exact) mass is 382 g/mol. The second-order valence-corrected chi connectivity index (χ2v) is 7.32. The van der Waals surface area contributed by atoms with Gasteiger partial charge in [-0.3, -0.25) is 4.79 Å². The number of carbonyl (C=O) groups is 1. The van der Waals surface area contributed by atoms with E-state index >= 15 is 0 Å². The number of likely N-dealkylation sites (tertiary alicyclic amines) is 1. The molecule has 2 aromatic rings. The summed E-state index contributed by atoms with van der Waals surface area (Å²) in [5.41, 5.74) is 0.544. The Hall–Kier alpha value is -2.39. The number of amides is 1. The molecule has 27 heavy (non-hydrogen) atoms. The molecule has 0 aromatic carbocycles. The highest BCUT2D eigenvalue weighted by atomic mass is 19.4. The molecule has 1 saturated carbocycles. The van der Waals surface area contributed by atoms with Gasteiger partial charge >= 0.3 is 6.18 Å². The van der Waals surface area contributed by atoms with Gasteiger partial charge in [0.05, 0.1) is 0 Å². The van der Waals surface area contributed by atoms with Crippen molar-refractivity contribution in [2.45, 2.75) is 51.2 Å². The summed E-state index contributed by atoms with van der Waals surface area (Å²) >= 11 is 0. The standard InChI is InChI=1S/C17H21F3N6O/c1-10-8-13(26-16(21-10)23-15(24-26)17(18,19)20)22-12-6-7-25(9-12)14(27)11-4-2-3-5-11/h8,11-12,22H,2-7,9H2,1H3. The van der Waals surface area contributed by atoms with Gasteiger partial charge < -0.3 is 10.2 Å². The number of aromatic nitrogens is 4. The summed E-state index contributed by atoms with van der Waals surface area (Å²) in [5, 5.41) is 6.78. The van der Waals surface area contributed by atoms with Gasteiger partial charge in [0.1, 0.15) is 5.82 Å². The van der Waals surface area contributed by atoms with Gasteiger partial charge in [0.15, 0.2) is 0 Å². The van der Waals surface area contributed by atoms with E-state index in [1.54, 1.807) is 13.0 Å². The molecule has 2 fully saturated rings. The lowest BCUT2D eigenvalue weighted by atomic mass is 10.1. The number of hydrogen-bond acceptors (Lipinski definition) is 5. The predicted molar refractivity (Wildman–Crippen MR) is 91.1 cm³/mol. The van der Waals surface area contributed by atoms with E-state index in [0.29, 0.717) is 24.6 Å². The van der Waals surface area contributed by atoms with Crippen LogP contribution in [0.3, 0.4) is 0 Å². The van der Waals surface area contributed by atoms with Crippen molar-refractivity contribution in [2.24, 2.45) is 5.92 Å². The Labute approximate surface area is 154 Å². The number of nitrogens with one attached hydrogen (secondary N) is 1. The third-order valence-electron chi connectivity index (χ3n) is 5.25. The number of anilines is 1. The second kappa shape index (κ2) is 6.65. The van der Waals surface area contributed by atoms with Gasteiger partial charge in [-0.25, -0.2) is 4.98 Å². The highest BCUT2D eigenvalue weighted by Gasteiger charge is 2.37. The molecule has 1 aliphatic heterocycles. The second-order valence-electron chi connectivity index (χ2n) is 7.32. The smallest absolute Gasteiger partial charge is 0.365 e. The van der Waals surface area contributed by atoms with Crippen molar-refractivity contribution in [3.05, 3.63) is 17.6 Å². The van der Waals surface area contributed by atoms with E-state index in [1.807, 2.05) is 4.90 Å². The fraction of sp³-hybridized carbons (Fsp3) is 0.647. The van der Waals surface area contributed by atoms with Crippen molar-refractivity contribution >= 4 is 17.5 Å². The summed E-state index contributed by atoms with van der Waals surface area (Å²) in [6.45, 7) is 2.89. The molecule has 0 bridgehead atoms. The van der Waals surface area contributed by atoms with E-state index < -0.39 is 12.0 Å². The largest absolute Gasteiger partial charge is 0.453 e. The van der Waals surface area contributed by atoms with Gasteiger partial charge in [-0.15, -0.1) is 5.10 Å². The Morgan fingerprint density at radius 2 is 1.96 bits per heavy atom. The molecule has 0 spiro atoms. The number of aryl methyl sites for hydroxylation is 1. The molecule has 2 aliphatic rings. The average Bonchev–Trinajstić information content (AvgIpc) is 3.33. The zero-order valence-corrected chi connectivity index (χ0v) is 15.0. The third-order valence-corrected chi connectivity index (χ3v) is 5.25. The fourth-order valence-corrected chi connectivity index (χ4v) is 3.93. The number of rotatable bonds is 3. The lowest BCUT2D eigenvalue weighted by molar-refractivity contribution is -0.144. The molecule has 1 amide bonds. The summed E-state index contributed by atoms with van der Waals surface area (Å²) in [5.74, 6) is -0.577. The van der Waals surface area contributed by atoms with Crippen LogP contribution in [0.2, 0.25) is 0 Å². The van der Waals surface area contributed by atoms with Crippen molar-refractivity contribution in [1.82, 2.24) is 24.5 Å². The van der Waals surface area contributed by atoms with E-state index in [9.17, 15) is 18.0 Å². The van der Waals surface area contributed by atoms with Crippen LogP contribution in [0.4, 0.5) is 19.0 Å². The van der Waals surface area contributed by atoms with Crippen molar-refractivity contribution in [1.29, 1.82) is 0 Å². The van der Waals surface area contributed by atoms with Gasteiger partial charge in [-0.2, -0.15) is 22.7 Å². The molecule has 7 nitrogen and oxygen atoms in total. The van der Waals surface area contributed by atoms with Gasteiger partial charge in [-0.1, -0.05) is 12.8 Å². The zero-order valence-electron chi connectivity index (χ0n) is 15.0. The normalized spacial score (nSPS) is 21.3. The van der Waals surface area contributed by atoms with Crippen LogP contribution < -0.4 is 5.32 Å². The van der Waals surface area contributed by atoms with E-state index in [0.717, 1.165) is 36.6 Å². The molecule has 1 atom stereocenters. The Morgan fingerprint density at radius 3 is 2.67 bits per heavy atom. The van der Waals surface area contributed by atoms with E-state index in [-0.39, 0.29) is 23.6 Å². The number of nitrogens with zero attached hydrogens (tertiary/aromatic N) is 5. The maximum absolute atomic E-state index is 12.9. The van der Waals surface area contributed by atoms with Gasteiger partial charge in [-0.05, 0) is 26.2 Å². The molecular formula is C17H21F3N6O. The Balaban J connectivity index is 1.51. The van der Waals surface area contributed by atoms with Gasteiger partial charge in [0, 0.05) is 36.8 Å². The van der Waals surface area contributed by atoms with Crippen LogP contribution >= 0.6 is 0 Å². The van der Waals surface area contributed by atoms with Crippen molar-refractivity contribution < 1.29 is 18.0 Å². The number of fused-ring (bicyclic) bond motifs is 1. The maximum Gasteiger partial charge on any atom is 0.453 e. The number of hydrogen-bond donors (Lipinski definition) is 1. The average molecular weight is 382 g/mol. The van der Waals surface area contributed by atoms with Crippen LogP contribution in [0.5, 0.6) is 0 Å². The highest BCUT2D eigenvalue weighted by Crippen LogP contribution is 2.29. The van der Waals surface area contributed by atoms with Crippen LogP contribution in [0.25, 0.3) is 5.78 Å². The lowest BCUT2D eigenvalue weighted by Gasteiger charge is -2.21. The SMILES string of the molecule is Cc1cc(NC2CCN(C(=O)C3CCCC3)C2)n2nc(C(F)(F)F)nc2n1. The fourth-order valence-electron chi connectivity index (χ4n) is 3.93. The summed E-state index contributed by atoms with van der Waals surface area (Å²) in [4.78, 5) is 21.9. The quantitative estimate of drug-likeness (QED) is 0.883. The topological polar surface area (TPSA) is 75.4 Å². The molecule has 1 aliphatic carbocycles. The van der Waals surface area contributed by atoms with Crippen LogP contribution in [0.1, 0.15) is 43.6 Å². The summed E-state index contributed by atoms with van der Waals surface area (Å²) < 4.78 is 39.8. The minimum absolute atomic E-state index is 0.0427. The molecule has 1 unspecified atom stereocenters. The molecule has 146 valence electrons. The highest BCUT2D eigenvalue weighted by molar-refractivity contribution is 5.79. The Morgan fingerprint density at radius 1 is 1.22 bits per heavy atom. The minimum atomic E-state index is -4.63. The zero-order chi connectivity index (χ0) is 19.2. The molecule has 0 radical (unpaired) electrons. The van der Waals surface area contributed by atoms with Crippen LogP contribution in [-0.4, -0.2) is 49.5 Å². The first-order chi connectivity index (χ1) is 12.8. The summed E-state index contributed by atoms with van der Waals surface area (Å²) in [6.07, 6.45) is 0.231. The predicted octanol–water partition coefficient (Wildman–Crippen LogP) is 2.65. The molecular weight excluding hydrogens is 361 g/mol. The van der Waals surface area contributed by atoms with Crippen molar-refractivity contribution in [3.8, 4) is 0 Å². The summed E-state index contributed by atoms with van der Waals surface area (Å²) in [6, 6.07) is 1.60. The molecule has 1 saturated heterocycles. The molecule has 2 aromatic heterocycles. The molecule has 1 N–H and O–H groups in total. The first-order valence-corrected chi connectivity index (χ1v) is 9.18. The molecule has 4 rings (SSSR count). The van der Waals surface area contributed by atoms with Crippen LogP contribution in [-0.2, 0) is 11.0 Å². The van der Waals surface area contributed by atoms with E-state index in [4.69, 9.17) is 0 Å². The Kier molecular flexibility index (Phi) is 4.43. The maximum atomic E-state index is 12.9. The molecule has 10 heteroatoms.